The van der Waals surface area contributed by atoms with E-state index < -0.39 is 32.8 Å². The Morgan fingerprint density at radius 2 is 1.81 bits per heavy atom. The molecule has 166 valence electrons. The number of non-ortho nitro benzene ring substituents is 1. The summed E-state index contributed by atoms with van der Waals surface area (Å²) in [4.78, 5) is 34.2. The number of carbonyl (C=O) groups is 2. The van der Waals surface area contributed by atoms with Crippen LogP contribution in [0.1, 0.15) is 17.3 Å². The summed E-state index contributed by atoms with van der Waals surface area (Å²) in [5, 5.41) is 16.0. The number of rotatable bonds is 9. The first-order valence-electron chi connectivity index (χ1n) is 8.79. The molecule has 0 spiro atoms. The van der Waals surface area contributed by atoms with Crippen LogP contribution in [0.2, 0.25) is 10.0 Å². The summed E-state index contributed by atoms with van der Waals surface area (Å²) in [6, 6.07) is 8.16. The molecule has 0 aliphatic carbocycles. The van der Waals surface area contributed by atoms with Crippen LogP contribution in [0.3, 0.4) is 0 Å². The summed E-state index contributed by atoms with van der Waals surface area (Å²) >= 11 is 11.8. The van der Waals surface area contributed by atoms with Crippen molar-refractivity contribution in [3.8, 4) is 0 Å². The highest BCUT2D eigenvalue weighted by molar-refractivity contribution is 7.89. The fourth-order valence-electron chi connectivity index (χ4n) is 2.39. The van der Waals surface area contributed by atoms with Gasteiger partial charge in [-0.25, -0.2) is 13.1 Å². The number of nitro benzene ring substituents is 1. The van der Waals surface area contributed by atoms with Gasteiger partial charge in [0.15, 0.2) is 0 Å². The standard InChI is InChI=1S/C18H18Cl2N4O6S/c1-11(23-18(26)14-6-3-7-15(19)16(14)20)17(25)21-8-9-22-31(29,30)13-5-2-4-12(10-13)24(27)28/h2-7,10-11,22H,8-9H2,1H3,(H,21,25)(H,23,26). The van der Waals surface area contributed by atoms with E-state index in [0.29, 0.717) is 0 Å². The van der Waals surface area contributed by atoms with E-state index in [4.69, 9.17) is 23.2 Å². The van der Waals surface area contributed by atoms with Crippen LogP contribution >= 0.6 is 23.2 Å². The molecule has 0 bridgehead atoms. The second-order valence-electron chi connectivity index (χ2n) is 6.24. The van der Waals surface area contributed by atoms with Gasteiger partial charge in [-0.3, -0.25) is 19.7 Å². The van der Waals surface area contributed by atoms with Crippen molar-refractivity contribution in [3.63, 3.8) is 0 Å². The third-order valence-corrected chi connectivity index (χ3v) is 6.27. The van der Waals surface area contributed by atoms with Crippen molar-refractivity contribution in [2.75, 3.05) is 13.1 Å². The van der Waals surface area contributed by atoms with Crippen molar-refractivity contribution in [2.45, 2.75) is 17.9 Å². The number of benzene rings is 2. The van der Waals surface area contributed by atoms with E-state index in [1.807, 2.05) is 0 Å². The topological polar surface area (TPSA) is 148 Å². The fraction of sp³-hybridized carbons (Fsp3) is 0.222. The molecule has 1 unspecified atom stereocenters. The van der Waals surface area contributed by atoms with Crippen LogP contribution in [0, 0.1) is 10.1 Å². The molecule has 2 aromatic rings. The molecule has 0 aromatic heterocycles. The highest BCUT2D eigenvalue weighted by atomic mass is 35.5. The highest BCUT2D eigenvalue weighted by Gasteiger charge is 2.20. The van der Waals surface area contributed by atoms with Gasteiger partial charge < -0.3 is 10.6 Å². The molecule has 1 atom stereocenters. The van der Waals surface area contributed by atoms with Gasteiger partial charge in [-0.1, -0.05) is 35.3 Å². The Morgan fingerprint density at radius 1 is 1.13 bits per heavy atom. The number of nitrogens with one attached hydrogen (secondary N) is 3. The van der Waals surface area contributed by atoms with Gasteiger partial charge in [-0.2, -0.15) is 0 Å². The minimum absolute atomic E-state index is 0.0600. The molecular formula is C18H18Cl2N4O6S. The summed E-state index contributed by atoms with van der Waals surface area (Å²) in [5.74, 6) is -1.15. The maximum absolute atomic E-state index is 12.3. The van der Waals surface area contributed by atoms with Gasteiger partial charge in [0.1, 0.15) is 6.04 Å². The van der Waals surface area contributed by atoms with Crippen molar-refractivity contribution in [3.05, 3.63) is 68.2 Å². The van der Waals surface area contributed by atoms with Crippen molar-refractivity contribution in [2.24, 2.45) is 0 Å². The smallest absolute Gasteiger partial charge is 0.270 e. The minimum Gasteiger partial charge on any atom is -0.353 e. The van der Waals surface area contributed by atoms with Gasteiger partial charge in [-0.05, 0) is 25.1 Å². The molecule has 0 aliphatic rings. The first-order valence-corrected chi connectivity index (χ1v) is 11.0. The molecule has 3 N–H and O–H groups in total. The fourth-order valence-corrected chi connectivity index (χ4v) is 3.85. The molecule has 0 saturated carbocycles. The number of hydrogen-bond donors (Lipinski definition) is 3. The molecule has 0 saturated heterocycles. The number of nitro groups is 1. The Kier molecular flexibility index (Phi) is 8.34. The van der Waals surface area contributed by atoms with Crippen LogP contribution in [0.4, 0.5) is 5.69 Å². The van der Waals surface area contributed by atoms with E-state index >= 15 is 0 Å². The predicted molar refractivity (Wildman–Crippen MR) is 115 cm³/mol. The SMILES string of the molecule is CC(NC(=O)c1cccc(Cl)c1Cl)C(=O)NCCNS(=O)(=O)c1cccc([N+](=O)[O-])c1. The van der Waals surface area contributed by atoms with Crippen LogP contribution in [0.15, 0.2) is 47.4 Å². The van der Waals surface area contributed by atoms with Gasteiger partial charge in [0.2, 0.25) is 15.9 Å². The number of nitrogens with zero attached hydrogens (tertiary/aromatic N) is 1. The average Bonchev–Trinajstić information content (AvgIpc) is 2.72. The summed E-state index contributed by atoms with van der Waals surface area (Å²) in [6.07, 6.45) is 0. The quantitative estimate of drug-likeness (QED) is 0.279. The van der Waals surface area contributed by atoms with Gasteiger partial charge in [-0.15, -0.1) is 0 Å². The van der Waals surface area contributed by atoms with Gasteiger partial charge in [0.25, 0.3) is 11.6 Å². The normalized spacial score (nSPS) is 12.1. The molecular weight excluding hydrogens is 471 g/mol. The van der Waals surface area contributed by atoms with Crippen LogP contribution in [0.25, 0.3) is 0 Å². The molecule has 10 nitrogen and oxygen atoms in total. The lowest BCUT2D eigenvalue weighted by molar-refractivity contribution is -0.385. The Morgan fingerprint density at radius 3 is 2.48 bits per heavy atom. The molecule has 2 aromatic carbocycles. The Labute approximate surface area is 188 Å². The van der Waals surface area contributed by atoms with E-state index in [9.17, 15) is 28.1 Å². The zero-order valence-corrected chi connectivity index (χ0v) is 18.4. The lowest BCUT2D eigenvalue weighted by Crippen LogP contribution is -2.46. The number of sulfonamides is 1. The first kappa shape index (κ1) is 24.5. The van der Waals surface area contributed by atoms with E-state index in [1.165, 1.54) is 37.3 Å². The summed E-state index contributed by atoms with van der Waals surface area (Å²) in [6.45, 7) is 1.20. The largest absolute Gasteiger partial charge is 0.353 e. The molecule has 2 amide bonds. The summed E-state index contributed by atoms with van der Waals surface area (Å²) < 4.78 is 26.7. The third kappa shape index (κ3) is 6.62. The van der Waals surface area contributed by atoms with Gasteiger partial charge in [0, 0.05) is 25.2 Å². The highest BCUT2D eigenvalue weighted by Crippen LogP contribution is 2.25. The lowest BCUT2D eigenvalue weighted by Gasteiger charge is -2.15. The zero-order chi connectivity index (χ0) is 23.2. The number of amides is 2. The summed E-state index contributed by atoms with van der Waals surface area (Å²) in [5.41, 5.74) is -0.251. The lowest BCUT2D eigenvalue weighted by atomic mass is 10.2. The Balaban J connectivity index is 1.86. The van der Waals surface area contributed by atoms with E-state index in [-0.39, 0.29) is 39.3 Å². The molecule has 0 heterocycles. The summed E-state index contributed by atoms with van der Waals surface area (Å²) in [7, 11) is -4.00. The van der Waals surface area contributed by atoms with E-state index in [0.717, 1.165) is 6.07 Å². The minimum atomic E-state index is -4.00. The molecule has 13 heteroatoms. The molecule has 31 heavy (non-hydrogen) atoms. The number of hydrogen-bond acceptors (Lipinski definition) is 6. The third-order valence-electron chi connectivity index (χ3n) is 3.99. The van der Waals surface area contributed by atoms with Crippen LogP contribution < -0.4 is 15.4 Å². The van der Waals surface area contributed by atoms with Crippen molar-refractivity contribution in [1.29, 1.82) is 0 Å². The van der Waals surface area contributed by atoms with Crippen molar-refractivity contribution in [1.82, 2.24) is 15.4 Å². The first-order chi connectivity index (χ1) is 14.5. The van der Waals surface area contributed by atoms with Crippen molar-refractivity contribution < 1.29 is 22.9 Å². The predicted octanol–water partition coefficient (Wildman–Crippen LogP) is 2.11. The Hall–Kier alpha value is -2.73. The van der Waals surface area contributed by atoms with Crippen LogP contribution in [-0.4, -0.2) is 44.3 Å². The van der Waals surface area contributed by atoms with Crippen molar-refractivity contribution >= 4 is 50.7 Å². The van der Waals surface area contributed by atoms with Gasteiger partial charge in [0.05, 0.1) is 25.4 Å². The molecule has 0 radical (unpaired) electrons. The molecule has 0 fully saturated rings. The zero-order valence-electron chi connectivity index (χ0n) is 16.1. The van der Waals surface area contributed by atoms with Gasteiger partial charge >= 0.3 is 0 Å². The molecule has 2 rings (SSSR count). The maximum Gasteiger partial charge on any atom is 0.270 e. The van der Waals surface area contributed by atoms with Crippen LogP contribution in [0.5, 0.6) is 0 Å². The number of halogens is 2. The number of carbonyl (C=O) groups excluding carboxylic acids is 2. The maximum atomic E-state index is 12.3. The molecule has 0 aliphatic heterocycles. The monoisotopic (exact) mass is 488 g/mol. The Bertz CT molecular complexity index is 1110. The second-order valence-corrected chi connectivity index (χ2v) is 8.79. The van der Waals surface area contributed by atoms with Crippen LogP contribution in [-0.2, 0) is 14.8 Å². The van der Waals surface area contributed by atoms with E-state index in [1.54, 1.807) is 6.07 Å². The average molecular weight is 489 g/mol. The second kappa shape index (κ2) is 10.5. The van der Waals surface area contributed by atoms with E-state index in [2.05, 4.69) is 15.4 Å².